The fraction of sp³-hybridized carbons (Fsp3) is 0.143. The third kappa shape index (κ3) is 3.01. The molecule has 98 valence electrons. The highest BCUT2D eigenvalue weighted by Gasteiger charge is 2.11. The van der Waals surface area contributed by atoms with Crippen LogP contribution in [0.4, 0.5) is 5.69 Å². The van der Waals surface area contributed by atoms with E-state index in [0.717, 1.165) is 17.9 Å². The van der Waals surface area contributed by atoms with E-state index < -0.39 is 11.3 Å². The molecule has 2 aromatic rings. The maximum absolute atomic E-state index is 11.9. The van der Waals surface area contributed by atoms with Gasteiger partial charge in [-0.05, 0) is 19.1 Å². The number of aryl methyl sites for hydroxylation is 1. The van der Waals surface area contributed by atoms with Crippen molar-refractivity contribution < 1.29 is 13.9 Å². The summed E-state index contributed by atoms with van der Waals surface area (Å²) in [5.41, 5.74) is 1.32. The predicted octanol–water partition coefficient (Wildman–Crippen LogP) is 2.21. The van der Waals surface area contributed by atoms with Gasteiger partial charge in [-0.3, -0.25) is 9.59 Å². The molecule has 0 bridgehead atoms. The van der Waals surface area contributed by atoms with E-state index in [1.807, 2.05) is 19.1 Å². The van der Waals surface area contributed by atoms with Gasteiger partial charge in [0.25, 0.3) is 5.91 Å². The molecule has 0 radical (unpaired) electrons. The molecule has 19 heavy (non-hydrogen) atoms. The van der Waals surface area contributed by atoms with Crippen molar-refractivity contribution in [2.45, 2.75) is 6.92 Å². The number of ether oxygens (including phenoxy) is 1. The normalized spacial score (nSPS) is 10.0. The van der Waals surface area contributed by atoms with Crippen molar-refractivity contribution in [1.82, 2.24) is 0 Å². The molecule has 0 fully saturated rings. The molecule has 0 saturated heterocycles. The topological polar surface area (TPSA) is 68.5 Å². The van der Waals surface area contributed by atoms with E-state index in [4.69, 9.17) is 9.15 Å². The Balaban J connectivity index is 2.18. The third-order valence-electron chi connectivity index (χ3n) is 2.55. The number of hydrogen-bond acceptors (Lipinski definition) is 4. The van der Waals surface area contributed by atoms with E-state index in [9.17, 15) is 9.59 Å². The number of amides is 1. The second kappa shape index (κ2) is 5.39. The van der Waals surface area contributed by atoms with Crippen LogP contribution in [0.15, 0.2) is 45.8 Å². The van der Waals surface area contributed by atoms with Crippen LogP contribution >= 0.6 is 0 Å². The fourth-order valence-electron chi connectivity index (χ4n) is 1.50. The Kier molecular flexibility index (Phi) is 3.66. The molecule has 2 rings (SSSR count). The summed E-state index contributed by atoms with van der Waals surface area (Å²) in [6, 6.07) is 8.39. The Bertz CT molecular complexity index is 643. The highest BCUT2D eigenvalue weighted by molar-refractivity contribution is 6.02. The molecule has 5 nitrogen and oxygen atoms in total. The number of nitrogens with one attached hydrogen (secondary N) is 1. The second-order valence-electron chi connectivity index (χ2n) is 4.00. The first-order valence-corrected chi connectivity index (χ1v) is 5.65. The van der Waals surface area contributed by atoms with Gasteiger partial charge in [0.05, 0.1) is 7.11 Å². The van der Waals surface area contributed by atoms with Crippen LogP contribution in [0.25, 0.3) is 0 Å². The number of hydrogen-bond donors (Lipinski definition) is 1. The quantitative estimate of drug-likeness (QED) is 0.917. The summed E-state index contributed by atoms with van der Waals surface area (Å²) >= 11 is 0. The van der Waals surface area contributed by atoms with Crippen LogP contribution in [0.2, 0.25) is 0 Å². The number of carbonyl (C=O) groups excluding carboxylic acids is 1. The summed E-state index contributed by atoms with van der Waals surface area (Å²) in [5.74, 6) is -0.484. The molecule has 1 amide bonds. The van der Waals surface area contributed by atoms with Gasteiger partial charge in [0.2, 0.25) is 11.2 Å². The van der Waals surface area contributed by atoms with Crippen LogP contribution in [0.1, 0.15) is 16.1 Å². The molecule has 0 aliphatic heterocycles. The molecule has 0 unspecified atom stereocenters. The zero-order chi connectivity index (χ0) is 13.8. The molecule has 0 atom stereocenters. The van der Waals surface area contributed by atoms with Gasteiger partial charge in [-0.2, -0.15) is 0 Å². The van der Waals surface area contributed by atoms with E-state index >= 15 is 0 Å². The summed E-state index contributed by atoms with van der Waals surface area (Å²) in [5, 5.41) is 2.64. The summed E-state index contributed by atoms with van der Waals surface area (Å²) < 4.78 is 9.82. The maximum Gasteiger partial charge on any atom is 0.291 e. The van der Waals surface area contributed by atoms with Gasteiger partial charge in [-0.1, -0.05) is 17.7 Å². The Labute approximate surface area is 109 Å². The van der Waals surface area contributed by atoms with Gasteiger partial charge in [0.15, 0.2) is 5.76 Å². The molecular weight excluding hydrogens is 246 g/mol. The van der Waals surface area contributed by atoms with Gasteiger partial charge in [-0.25, -0.2) is 0 Å². The van der Waals surface area contributed by atoms with E-state index in [1.165, 1.54) is 7.11 Å². The standard InChI is InChI=1S/C14H13NO4/c1-9-3-5-10(6-4-9)15-14(17)12-7-11(16)13(18-2)8-19-12/h3-8H,1-2H3,(H,15,17). The second-order valence-corrected chi connectivity index (χ2v) is 4.00. The Hall–Kier alpha value is -2.56. The van der Waals surface area contributed by atoms with Crippen molar-refractivity contribution >= 4 is 11.6 Å². The van der Waals surface area contributed by atoms with Gasteiger partial charge in [0, 0.05) is 11.8 Å². The lowest BCUT2D eigenvalue weighted by Gasteiger charge is -2.05. The Morgan fingerprint density at radius 3 is 2.53 bits per heavy atom. The third-order valence-corrected chi connectivity index (χ3v) is 2.55. The minimum atomic E-state index is -0.483. The van der Waals surface area contributed by atoms with Crippen LogP contribution in [-0.4, -0.2) is 13.0 Å². The van der Waals surface area contributed by atoms with Crippen molar-refractivity contribution in [2.24, 2.45) is 0 Å². The minimum absolute atomic E-state index is 0.0619. The molecule has 1 aromatic carbocycles. The average Bonchev–Trinajstić information content (AvgIpc) is 2.41. The number of methoxy groups -OCH3 is 1. The van der Waals surface area contributed by atoms with Crippen LogP contribution in [0.5, 0.6) is 5.75 Å². The first-order valence-electron chi connectivity index (χ1n) is 5.65. The largest absolute Gasteiger partial charge is 0.490 e. The van der Waals surface area contributed by atoms with Gasteiger partial charge in [-0.15, -0.1) is 0 Å². The summed E-state index contributed by atoms with van der Waals surface area (Å²) in [6.07, 6.45) is 1.12. The monoisotopic (exact) mass is 259 g/mol. The first-order chi connectivity index (χ1) is 9.10. The molecule has 1 aromatic heterocycles. The highest BCUT2D eigenvalue weighted by atomic mass is 16.5. The lowest BCUT2D eigenvalue weighted by molar-refractivity contribution is 0.0993. The smallest absolute Gasteiger partial charge is 0.291 e. The average molecular weight is 259 g/mol. The van der Waals surface area contributed by atoms with Crippen molar-refractivity contribution in [1.29, 1.82) is 0 Å². The van der Waals surface area contributed by atoms with E-state index in [0.29, 0.717) is 5.69 Å². The number of anilines is 1. The molecule has 0 aliphatic carbocycles. The van der Waals surface area contributed by atoms with E-state index in [1.54, 1.807) is 12.1 Å². The van der Waals surface area contributed by atoms with Crippen molar-refractivity contribution in [3.05, 3.63) is 58.1 Å². The van der Waals surface area contributed by atoms with Gasteiger partial charge in [0.1, 0.15) is 6.26 Å². The number of rotatable bonds is 3. The molecule has 5 heteroatoms. The SMILES string of the molecule is COc1coc(C(=O)Nc2ccc(C)cc2)cc1=O. The number of carbonyl (C=O) groups is 1. The molecule has 0 aliphatic rings. The lowest BCUT2D eigenvalue weighted by atomic mass is 10.2. The van der Waals surface area contributed by atoms with Crippen LogP contribution in [0, 0.1) is 6.92 Å². The van der Waals surface area contributed by atoms with Gasteiger partial charge < -0.3 is 14.5 Å². The zero-order valence-electron chi connectivity index (χ0n) is 10.6. The zero-order valence-corrected chi connectivity index (χ0v) is 10.6. The van der Waals surface area contributed by atoms with Crippen LogP contribution < -0.4 is 15.5 Å². The fourth-order valence-corrected chi connectivity index (χ4v) is 1.50. The van der Waals surface area contributed by atoms with Crippen molar-refractivity contribution in [3.63, 3.8) is 0 Å². The minimum Gasteiger partial charge on any atom is -0.490 e. The molecular formula is C14H13NO4. The van der Waals surface area contributed by atoms with Crippen LogP contribution in [-0.2, 0) is 0 Å². The molecule has 1 N–H and O–H groups in total. The summed E-state index contributed by atoms with van der Waals surface area (Å²) in [7, 11) is 1.36. The molecule has 1 heterocycles. The Morgan fingerprint density at radius 2 is 1.95 bits per heavy atom. The Morgan fingerprint density at radius 1 is 1.26 bits per heavy atom. The van der Waals surface area contributed by atoms with Crippen molar-refractivity contribution in [2.75, 3.05) is 12.4 Å². The lowest BCUT2D eigenvalue weighted by Crippen LogP contribution is -2.15. The van der Waals surface area contributed by atoms with Crippen molar-refractivity contribution in [3.8, 4) is 5.75 Å². The first kappa shape index (κ1) is 12.9. The van der Waals surface area contributed by atoms with Gasteiger partial charge >= 0.3 is 0 Å². The maximum atomic E-state index is 11.9. The van der Waals surface area contributed by atoms with E-state index in [2.05, 4.69) is 5.32 Å². The number of benzene rings is 1. The predicted molar refractivity (Wildman–Crippen MR) is 70.7 cm³/mol. The molecule has 0 spiro atoms. The van der Waals surface area contributed by atoms with E-state index in [-0.39, 0.29) is 11.5 Å². The molecule has 0 saturated carbocycles. The highest BCUT2D eigenvalue weighted by Crippen LogP contribution is 2.11. The summed E-state index contributed by atoms with van der Waals surface area (Å²) in [6.45, 7) is 1.95. The van der Waals surface area contributed by atoms with Crippen LogP contribution in [0.3, 0.4) is 0 Å². The summed E-state index contributed by atoms with van der Waals surface area (Å²) in [4.78, 5) is 23.4.